The first kappa shape index (κ1) is 25.5. The number of carbonyl (C=O) groups is 3. The van der Waals surface area contributed by atoms with Crippen LogP contribution in [0.25, 0.3) is 0 Å². The van der Waals surface area contributed by atoms with Gasteiger partial charge in [-0.05, 0) is 64.5 Å². The summed E-state index contributed by atoms with van der Waals surface area (Å²) in [7, 11) is 0. The van der Waals surface area contributed by atoms with E-state index in [0.29, 0.717) is 32.3 Å². The molecule has 176 valence electrons. The van der Waals surface area contributed by atoms with Crippen molar-refractivity contribution in [1.82, 2.24) is 0 Å². The minimum Gasteiger partial charge on any atom is -0.462 e. The number of Topliss-reactive ketones (excluding diaryl/α,β-unsaturated/α-hetero) is 1. The fraction of sp³-hybridized carbons (Fsp3) is 0.792. The first-order chi connectivity index (χ1) is 14.4. The maximum Gasteiger partial charge on any atom is 0.303 e. The van der Waals surface area contributed by atoms with Gasteiger partial charge in [-0.15, -0.1) is 0 Å². The summed E-state index contributed by atoms with van der Waals surface area (Å²) in [5.74, 6) is -0.465. The van der Waals surface area contributed by atoms with E-state index in [2.05, 4.69) is 0 Å². The molecule has 0 radical (unpaired) electrons. The Labute approximate surface area is 185 Å². The quantitative estimate of drug-likeness (QED) is 0.290. The van der Waals surface area contributed by atoms with Crippen LogP contribution in [0.2, 0.25) is 0 Å². The zero-order valence-electron chi connectivity index (χ0n) is 19.8. The van der Waals surface area contributed by atoms with Crippen LogP contribution in [-0.4, -0.2) is 54.3 Å². The van der Waals surface area contributed by atoms with E-state index in [-0.39, 0.29) is 48.1 Å². The minimum absolute atomic E-state index is 0.0377. The number of esters is 2. The number of epoxide rings is 1. The van der Waals surface area contributed by atoms with Crippen LogP contribution in [0.5, 0.6) is 0 Å². The van der Waals surface area contributed by atoms with E-state index in [0.717, 1.165) is 18.4 Å². The van der Waals surface area contributed by atoms with Crippen LogP contribution in [-0.2, 0) is 33.3 Å². The van der Waals surface area contributed by atoms with Gasteiger partial charge in [0.2, 0.25) is 0 Å². The molecule has 0 aromatic rings. The third-order valence-corrected chi connectivity index (χ3v) is 6.37. The lowest BCUT2D eigenvalue weighted by atomic mass is 9.87. The number of ketones is 1. The molecule has 0 bridgehead atoms. The summed E-state index contributed by atoms with van der Waals surface area (Å²) < 4.78 is 22.4. The number of rotatable bonds is 10. The maximum atomic E-state index is 12.5. The fourth-order valence-corrected chi connectivity index (χ4v) is 4.02. The molecular weight excluding hydrogens is 400 g/mol. The average Bonchev–Trinajstić information content (AvgIpc) is 3.30. The van der Waals surface area contributed by atoms with Gasteiger partial charge in [0.15, 0.2) is 0 Å². The Bertz CT molecular complexity index is 696. The molecule has 2 rings (SSSR count). The van der Waals surface area contributed by atoms with Crippen LogP contribution in [0.3, 0.4) is 0 Å². The molecule has 31 heavy (non-hydrogen) atoms. The highest BCUT2D eigenvalue weighted by Crippen LogP contribution is 2.39. The van der Waals surface area contributed by atoms with Gasteiger partial charge in [0.05, 0.1) is 18.3 Å². The second kappa shape index (κ2) is 10.7. The van der Waals surface area contributed by atoms with Crippen molar-refractivity contribution >= 4 is 17.7 Å². The zero-order chi connectivity index (χ0) is 23.2. The predicted molar refractivity (Wildman–Crippen MR) is 115 cm³/mol. The summed E-state index contributed by atoms with van der Waals surface area (Å²) in [6.07, 6.45) is 5.59. The van der Waals surface area contributed by atoms with Gasteiger partial charge in [-0.1, -0.05) is 6.92 Å². The molecule has 7 heteroatoms. The SMILES string of the molecule is CC(=O)OC/C=C1\CC[C@@H](OC(C)=O)C(C)(CCCC(C)C(=O)CC2OC2(C)C)OC1. The van der Waals surface area contributed by atoms with Crippen molar-refractivity contribution in [3.63, 3.8) is 0 Å². The number of hydrogen-bond acceptors (Lipinski definition) is 7. The third-order valence-electron chi connectivity index (χ3n) is 6.37. The van der Waals surface area contributed by atoms with Gasteiger partial charge in [0, 0.05) is 26.2 Å². The zero-order valence-corrected chi connectivity index (χ0v) is 19.8. The van der Waals surface area contributed by atoms with E-state index in [9.17, 15) is 14.4 Å². The van der Waals surface area contributed by atoms with Gasteiger partial charge < -0.3 is 18.9 Å². The molecule has 0 aromatic carbocycles. The van der Waals surface area contributed by atoms with Crippen molar-refractivity contribution in [3.05, 3.63) is 11.6 Å². The van der Waals surface area contributed by atoms with E-state index in [4.69, 9.17) is 18.9 Å². The van der Waals surface area contributed by atoms with Gasteiger partial charge >= 0.3 is 11.9 Å². The normalized spacial score (nSPS) is 29.7. The first-order valence-corrected chi connectivity index (χ1v) is 11.3. The molecule has 7 nitrogen and oxygen atoms in total. The summed E-state index contributed by atoms with van der Waals surface area (Å²) in [6, 6.07) is 0. The Morgan fingerprint density at radius 3 is 2.45 bits per heavy atom. The summed E-state index contributed by atoms with van der Waals surface area (Å²) in [5.41, 5.74) is 0.222. The predicted octanol–water partition coefficient (Wildman–Crippen LogP) is 3.92. The first-order valence-electron chi connectivity index (χ1n) is 11.3. The lowest BCUT2D eigenvalue weighted by Gasteiger charge is -2.35. The van der Waals surface area contributed by atoms with Gasteiger partial charge in [-0.25, -0.2) is 0 Å². The summed E-state index contributed by atoms with van der Waals surface area (Å²) >= 11 is 0. The van der Waals surface area contributed by atoms with Gasteiger partial charge in [0.25, 0.3) is 0 Å². The minimum atomic E-state index is -0.632. The van der Waals surface area contributed by atoms with Crippen molar-refractivity contribution in [1.29, 1.82) is 0 Å². The Morgan fingerprint density at radius 2 is 1.87 bits per heavy atom. The maximum absolute atomic E-state index is 12.5. The van der Waals surface area contributed by atoms with Crippen LogP contribution >= 0.6 is 0 Å². The molecule has 0 saturated carbocycles. The van der Waals surface area contributed by atoms with E-state index < -0.39 is 5.60 Å². The third kappa shape index (κ3) is 8.04. The molecule has 2 fully saturated rings. The van der Waals surface area contributed by atoms with Crippen molar-refractivity contribution in [2.45, 2.75) is 103 Å². The smallest absolute Gasteiger partial charge is 0.303 e. The monoisotopic (exact) mass is 438 g/mol. The lowest BCUT2D eigenvalue weighted by molar-refractivity contribution is -0.167. The van der Waals surface area contributed by atoms with E-state index in [1.54, 1.807) is 0 Å². The molecule has 0 aliphatic carbocycles. The second-order valence-electron chi connectivity index (χ2n) is 9.58. The standard InChI is InChI=1S/C24H38O7/c1-16(20(27)14-22-23(4,5)31-22)8-7-12-24(6)21(30-18(3)26)10-9-19(15-29-24)11-13-28-17(2)25/h11,16,21-22H,7-10,12-15H2,1-6H3/b19-11+/t16?,21-,22?,24?/m1/s1. The van der Waals surface area contributed by atoms with Crippen molar-refractivity contribution < 1.29 is 33.3 Å². The van der Waals surface area contributed by atoms with Gasteiger partial charge in [-0.2, -0.15) is 0 Å². The van der Waals surface area contributed by atoms with Crippen LogP contribution < -0.4 is 0 Å². The summed E-state index contributed by atoms with van der Waals surface area (Å²) in [6.45, 7) is 11.3. The molecule has 0 aromatic heterocycles. The van der Waals surface area contributed by atoms with Gasteiger partial charge in [-0.3, -0.25) is 14.4 Å². The van der Waals surface area contributed by atoms with E-state index >= 15 is 0 Å². The Balaban J connectivity index is 1.91. The van der Waals surface area contributed by atoms with E-state index in [1.807, 2.05) is 33.8 Å². The fourth-order valence-electron chi connectivity index (χ4n) is 4.02. The number of hydrogen-bond donors (Lipinski definition) is 0. The highest BCUT2D eigenvalue weighted by molar-refractivity contribution is 5.81. The van der Waals surface area contributed by atoms with Crippen LogP contribution in [0, 0.1) is 5.92 Å². The molecular formula is C24H38O7. The number of carbonyl (C=O) groups excluding carboxylic acids is 3. The number of ether oxygens (including phenoxy) is 4. The molecule has 2 saturated heterocycles. The van der Waals surface area contributed by atoms with Crippen molar-refractivity contribution in [3.8, 4) is 0 Å². The second-order valence-corrected chi connectivity index (χ2v) is 9.58. The molecule has 3 unspecified atom stereocenters. The molecule has 2 heterocycles. The molecule has 4 atom stereocenters. The molecule has 2 aliphatic rings. The summed E-state index contributed by atoms with van der Waals surface area (Å²) in [5, 5.41) is 0. The van der Waals surface area contributed by atoms with Crippen LogP contribution in [0.1, 0.15) is 80.1 Å². The molecule has 0 amide bonds. The van der Waals surface area contributed by atoms with Crippen molar-refractivity contribution in [2.24, 2.45) is 5.92 Å². The van der Waals surface area contributed by atoms with Crippen LogP contribution in [0.15, 0.2) is 11.6 Å². The Hall–Kier alpha value is -1.73. The Morgan fingerprint density at radius 1 is 1.19 bits per heavy atom. The largest absolute Gasteiger partial charge is 0.462 e. The lowest BCUT2D eigenvalue weighted by Crippen LogP contribution is -2.43. The average molecular weight is 439 g/mol. The molecule has 0 spiro atoms. The highest BCUT2D eigenvalue weighted by Gasteiger charge is 2.48. The van der Waals surface area contributed by atoms with Gasteiger partial charge in [0.1, 0.15) is 24.1 Å². The van der Waals surface area contributed by atoms with Crippen LogP contribution in [0.4, 0.5) is 0 Å². The topological polar surface area (TPSA) is 91.4 Å². The summed E-state index contributed by atoms with van der Waals surface area (Å²) in [4.78, 5) is 35.1. The molecule has 0 N–H and O–H groups in total. The highest BCUT2D eigenvalue weighted by atomic mass is 16.6. The Kier molecular flexibility index (Phi) is 8.83. The van der Waals surface area contributed by atoms with Crippen molar-refractivity contribution in [2.75, 3.05) is 13.2 Å². The van der Waals surface area contributed by atoms with E-state index in [1.165, 1.54) is 13.8 Å². The molecule has 2 aliphatic heterocycles.